The minimum atomic E-state index is 0.138. The van der Waals surface area contributed by atoms with Crippen molar-refractivity contribution >= 4 is 0 Å². The first-order chi connectivity index (χ1) is 16.3. The number of hydrogen-bond acceptors (Lipinski definition) is 3. The molecule has 3 nitrogen and oxygen atoms in total. The molecule has 4 aromatic rings. The minimum absolute atomic E-state index is 0.138. The van der Waals surface area contributed by atoms with Gasteiger partial charge in [0, 0.05) is 24.1 Å². The summed E-state index contributed by atoms with van der Waals surface area (Å²) in [5, 5.41) is 3.73. The molecular formula is C30H32N2O. The molecule has 1 aliphatic heterocycles. The second-order valence-electron chi connectivity index (χ2n) is 9.14. The van der Waals surface area contributed by atoms with Gasteiger partial charge < -0.3 is 9.73 Å². The standard InChI is InChI=1S/C30H32N2O/c1-4-10-26(11-5-1)29(27-12-6-2-7-13-27)32-19-17-30(18-20-32,28-14-8-3-9-15-28)24-31-22-25-16-21-33-23-25/h1-16,21,23,29,31H,17-20,22,24H2. The van der Waals surface area contributed by atoms with Crippen molar-refractivity contribution < 1.29 is 4.42 Å². The molecule has 0 unspecified atom stereocenters. The van der Waals surface area contributed by atoms with E-state index < -0.39 is 0 Å². The van der Waals surface area contributed by atoms with Gasteiger partial charge in [0.15, 0.2) is 0 Å². The molecule has 2 heterocycles. The first-order valence-corrected chi connectivity index (χ1v) is 12.0. The van der Waals surface area contributed by atoms with Crippen molar-refractivity contribution in [2.45, 2.75) is 30.8 Å². The van der Waals surface area contributed by atoms with Gasteiger partial charge in [0.2, 0.25) is 0 Å². The maximum Gasteiger partial charge on any atom is 0.0947 e. The number of likely N-dealkylation sites (tertiary alicyclic amines) is 1. The molecule has 3 heteroatoms. The Morgan fingerprint density at radius 3 is 1.88 bits per heavy atom. The summed E-state index contributed by atoms with van der Waals surface area (Å²) in [6.07, 6.45) is 5.84. The highest BCUT2D eigenvalue weighted by molar-refractivity contribution is 5.33. The summed E-state index contributed by atoms with van der Waals surface area (Å²) in [6.45, 7) is 3.94. The molecule has 0 amide bonds. The predicted molar refractivity (Wildman–Crippen MR) is 134 cm³/mol. The Morgan fingerprint density at radius 2 is 1.33 bits per heavy atom. The Bertz CT molecular complexity index is 1050. The second-order valence-corrected chi connectivity index (χ2v) is 9.14. The first-order valence-electron chi connectivity index (χ1n) is 12.0. The fourth-order valence-corrected chi connectivity index (χ4v) is 5.29. The summed E-state index contributed by atoms with van der Waals surface area (Å²) < 4.78 is 5.24. The molecule has 0 aliphatic carbocycles. The van der Waals surface area contributed by atoms with E-state index in [0.717, 1.165) is 39.0 Å². The number of benzene rings is 3. The van der Waals surface area contributed by atoms with Gasteiger partial charge in [-0.15, -0.1) is 0 Å². The molecule has 0 saturated carbocycles. The highest BCUT2D eigenvalue weighted by Crippen LogP contribution is 2.39. The zero-order valence-corrected chi connectivity index (χ0v) is 19.1. The van der Waals surface area contributed by atoms with E-state index in [1.807, 2.05) is 12.3 Å². The summed E-state index contributed by atoms with van der Waals surface area (Å²) in [7, 11) is 0. The topological polar surface area (TPSA) is 28.4 Å². The van der Waals surface area contributed by atoms with E-state index in [2.05, 4.69) is 101 Å². The highest BCUT2D eigenvalue weighted by Gasteiger charge is 2.38. The van der Waals surface area contributed by atoms with E-state index in [1.54, 1.807) is 6.26 Å². The van der Waals surface area contributed by atoms with Crippen LogP contribution in [0.3, 0.4) is 0 Å². The van der Waals surface area contributed by atoms with E-state index in [0.29, 0.717) is 6.04 Å². The molecule has 0 radical (unpaired) electrons. The van der Waals surface area contributed by atoms with Crippen LogP contribution in [0.1, 0.15) is 41.1 Å². The lowest BCUT2D eigenvalue weighted by Gasteiger charge is -2.45. The third-order valence-corrected chi connectivity index (χ3v) is 7.11. The zero-order valence-electron chi connectivity index (χ0n) is 19.1. The number of hydrogen-bond donors (Lipinski definition) is 1. The minimum Gasteiger partial charge on any atom is -0.472 e. The molecule has 0 spiro atoms. The average molecular weight is 437 g/mol. The van der Waals surface area contributed by atoms with E-state index in [4.69, 9.17) is 4.42 Å². The van der Waals surface area contributed by atoms with Gasteiger partial charge in [0.1, 0.15) is 0 Å². The molecule has 33 heavy (non-hydrogen) atoms. The zero-order chi connectivity index (χ0) is 22.3. The van der Waals surface area contributed by atoms with Crippen LogP contribution >= 0.6 is 0 Å². The monoisotopic (exact) mass is 436 g/mol. The number of rotatable bonds is 8. The number of nitrogens with one attached hydrogen (secondary N) is 1. The Balaban J connectivity index is 1.37. The Hall–Kier alpha value is -3.14. The van der Waals surface area contributed by atoms with Gasteiger partial charge in [0.25, 0.3) is 0 Å². The van der Waals surface area contributed by atoms with Crippen molar-refractivity contribution in [3.63, 3.8) is 0 Å². The van der Waals surface area contributed by atoms with Crippen LogP contribution in [0.25, 0.3) is 0 Å². The molecular weight excluding hydrogens is 404 g/mol. The SMILES string of the molecule is c1ccc(C(c2ccccc2)N2CCC(CNCc3ccoc3)(c3ccccc3)CC2)cc1. The van der Waals surface area contributed by atoms with Crippen molar-refractivity contribution in [2.24, 2.45) is 0 Å². The molecule has 168 valence electrons. The van der Waals surface area contributed by atoms with Crippen molar-refractivity contribution in [3.05, 3.63) is 132 Å². The van der Waals surface area contributed by atoms with E-state index >= 15 is 0 Å². The van der Waals surface area contributed by atoms with Gasteiger partial charge in [-0.25, -0.2) is 0 Å². The Labute approximate surface area is 197 Å². The van der Waals surface area contributed by atoms with Crippen molar-refractivity contribution in [1.82, 2.24) is 10.2 Å². The average Bonchev–Trinajstić information content (AvgIpc) is 3.41. The van der Waals surface area contributed by atoms with Gasteiger partial charge >= 0.3 is 0 Å². The maximum absolute atomic E-state index is 5.24. The lowest BCUT2D eigenvalue weighted by Crippen LogP contribution is -2.48. The molecule has 1 aliphatic rings. The summed E-state index contributed by atoms with van der Waals surface area (Å²) >= 11 is 0. The van der Waals surface area contributed by atoms with Crippen LogP contribution in [0, 0.1) is 0 Å². The predicted octanol–water partition coefficient (Wildman–Crippen LogP) is 6.19. The van der Waals surface area contributed by atoms with Crippen LogP contribution in [0.4, 0.5) is 0 Å². The van der Waals surface area contributed by atoms with Gasteiger partial charge in [-0.2, -0.15) is 0 Å². The summed E-state index contributed by atoms with van der Waals surface area (Å²) in [6, 6.07) is 35.3. The third-order valence-electron chi connectivity index (χ3n) is 7.11. The maximum atomic E-state index is 5.24. The Kier molecular flexibility index (Phi) is 6.71. The number of nitrogens with zero attached hydrogens (tertiary/aromatic N) is 1. The quantitative estimate of drug-likeness (QED) is 0.357. The normalized spacial score (nSPS) is 16.2. The van der Waals surface area contributed by atoms with Gasteiger partial charge in [-0.3, -0.25) is 4.90 Å². The smallest absolute Gasteiger partial charge is 0.0947 e. The van der Waals surface area contributed by atoms with Gasteiger partial charge in [-0.05, 0) is 48.7 Å². The number of furan rings is 1. The van der Waals surface area contributed by atoms with Crippen LogP contribution in [0.2, 0.25) is 0 Å². The largest absolute Gasteiger partial charge is 0.472 e. The molecule has 1 fully saturated rings. The van der Waals surface area contributed by atoms with Gasteiger partial charge in [0.05, 0.1) is 18.6 Å². The highest BCUT2D eigenvalue weighted by atomic mass is 16.3. The molecule has 0 bridgehead atoms. The Morgan fingerprint density at radius 1 is 0.758 bits per heavy atom. The first kappa shape index (κ1) is 21.7. The summed E-state index contributed by atoms with van der Waals surface area (Å²) in [5.41, 5.74) is 5.52. The van der Waals surface area contributed by atoms with E-state index in [9.17, 15) is 0 Å². The molecule has 1 N–H and O–H groups in total. The van der Waals surface area contributed by atoms with E-state index in [-0.39, 0.29) is 5.41 Å². The molecule has 3 aromatic carbocycles. The summed E-state index contributed by atoms with van der Waals surface area (Å²) in [5.74, 6) is 0. The molecule has 0 atom stereocenters. The summed E-state index contributed by atoms with van der Waals surface area (Å²) in [4.78, 5) is 2.67. The molecule has 1 aromatic heterocycles. The van der Waals surface area contributed by atoms with Crippen LogP contribution in [-0.4, -0.2) is 24.5 Å². The number of piperidine rings is 1. The van der Waals surface area contributed by atoms with Gasteiger partial charge in [-0.1, -0.05) is 91.0 Å². The van der Waals surface area contributed by atoms with Crippen LogP contribution < -0.4 is 5.32 Å². The van der Waals surface area contributed by atoms with Crippen LogP contribution in [0.15, 0.2) is 114 Å². The molecule has 5 rings (SSSR count). The van der Waals surface area contributed by atoms with E-state index in [1.165, 1.54) is 22.3 Å². The third kappa shape index (κ3) is 4.95. The fourth-order valence-electron chi connectivity index (χ4n) is 5.29. The van der Waals surface area contributed by atoms with Crippen molar-refractivity contribution in [3.8, 4) is 0 Å². The van der Waals surface area contributed by atoms with Crippen LogP contribution in [0.5, 0.6) is 0 Å². The fraction of sp³-hybridized carbons (Fsp3) is 0.267. The van der Waals surface area contributed by atoms with Crippen molar-refractivity contribution in [1.29, 1.82) is 0 Å². The lowest BCUT2D eigenvalue weighted by molar-refractivity contribution is 0.128. The lowest BCUT2D eigenvalue weighted by atomic mass is 9.72. The van der Waals surface area contributed by atoms with Crippen molar-refractivity contribution in [2.75, 3.05) is 19.6 Å². The molecule has 1 saturated heterocycles. The second kappa shape index (κ2) is 10.2. The van der Waals surface area contributed by atoms with Crippen LogP contribution in [-0.2, 0) is 12.0 Å².